The Bertz CT molecular complexity index is 992. The molecule has 0 bridgehead atoms. The number of ether oxygens (including phenoxy) is 1. The first kappa shape index (κ1) is 20.2. The van der Waals surface area contributed by atoms with E-state index in [1.54, 1.807) is 11.8 Å². The Morgan fingerprint density at radius 1 is 1.17 bits per heavy atom. The van der Waals surface area contributed by atoms with Gasteiger partial charge in [-0.3, -0.25) is 4.79 Å². The van der Waals surface area contributed by atoms with Crippen LogP contribution in [0.3, 0.4) is 0 Å². The summed E-state index contributed by atoms with van der Waals surface area (Å²) in [5.74, 6) is 1.19. The minimum atomic E-state index is -0.112. The summed E-state index contributed by atoms with van der Waals surface area (Å²) in [4.78, 5) is 15.2. The normalized spacial score (nSPS) is 14.5. The van der Waals surface area contributed by atoms with Crippen LogP contribution in [-0.2, 0) is 0 Å². The number of rotatable bonds is 8. The number of benzene rings is 2. The molecular formula is C24H28N4O2. The molecule has 6 heteroatoms. The van der Waals surface area contributed by atoms with Crippen LogP contribution in [0.2, 0.25) is 0 Å². The lowest BCUT2D eigenvalue weighted by Gasteiger charge is -2.25. The molecule has 0 aliphatic heterocycles. The Balaban J connectivity index is 1.54. The lowest BCUT2D eigenvalue weighted by Crippen LogP contribution is -2.35. The maximum atomic E-state index is 13.1. The smallest absolute Gasteiger partial charge is 0.270 e. The Hall–Kier alpha value is -3.12. The quantitative estimate of drug-likeness (QED) is 0.621. The largest absolute Gasteiger partial charge is 0.497 e. The zero-order chi connectivity index (χ0) is 21.1. The van der Waals surface area contributed by atoms with Gasteiger partial charge in [0.25, 0.3) is 5.91 Å². The number of para-hydroxylation sites is 1. The van der Waals surface area contributed by atoms with Crippen molar-refractivity contribution in [3.8, 4) is 11.4 Å². The first-order chi connectivity index (χ1) is 14.6. The standard InChI is InChI=1S/C24H28N4O2/c1-27(2)23(18-11-13-20(30-3)14-12-18)16-25-24(29)22-15-21(17-9-10-17)26-28(22)19-7-5-4-6-8-19/h4-8,11-15,17,23H,9-10,16H2,1-3H3,(H,25,29). The molecule has 1 aliphatic carbocycles. The number of hydrogen-bond donors (Lipinski definition) is 1. The molecule has 1 unspecified atom stereocenters. The summed E-state index contributed by atoms with van der Waals surface area (Å²) in [5.41, 5.74) is 3.60. The third kappa shape index (κ3) is 4.39. The second kappa shape index (κ2) is 8.71. The van der Waals surface area contributed by atoms with Crippen LogP contribution in [0.15, 0.2) is 60.7 Å². The van der Waals surface area contributed by atoms with E-state index in [2.05, 4.69) is 10.2 Å². The molecule has 3 aromatic rings. The van der Waals surface area contributed by atoms with Crippen LogP contribution in [0.1, 0.15) is 46.5 Å². The number of nitrogens with one attached hydrogen (secondary N) is 1. The molecular weight excluding hydrogens is 376 g/mol. The minimum Gasteiger partial charge on any atom is -0.497 e. The van der Waals surface area contributed by atoms with E-state index in [0.717, 1.165) is 35.5 Å². The molecule has 1 aliphatic rings. The summed E-state index contributed by atoms with van der Waals surface area (Å²) in [7, 11) is 5.69. The first-order valence-electron chi connectivity index (χ1n) is 10.3. The molecule has 1 aromatic heterocycles. The van der Waals surface area contributed by atoms with E-state index >= 15 is 0 Å². The molecule has 0 saturated heterocycles. The molecule has 4 rings (SSSR count). The minimum absolute atomic E-state index is 0.0517. The van der Waals surface area contributed by atoms with Gasteiger partial charge >= 0.3 is 0 Å². The van der Waals surface area contributed by atoms with E-state index < -0.39 is 0 Å². The molecule has 1 heterocycles. The van der Waals surface area contributed by atoms with Crippen LogP contribution >= 0.6 is 0 Å². The highest BCUT2D eigenvalue weighted by molar-refractivity contribution is 5.93. The van der Waals surface area contributed by atoms with Crippen molar-refractivity contribution in [3.63, 3.8) is 0 Å². The third-order valence-corrected chi connectivity index (χ3v) is 5.54. The van der Waals surface area contributed by atoms with Crippen LogP contribution in [0.25, 0.3) is 5.69 Å². The molecule has 30 heavy (non-hydrogen) atoms. The van der Waals surface area contributed by atoms with E-state index in [-0.39, 0.29) is 11.9 Å². The number of nitrogens with zero attached hydrogens (tertiary/aromatic N) is 3. The molecule has 1 atom stereocenters. The number of likely N-dealkylation sites (N-methyl/N-ethyl adjacent to an activating group) is 1. The SMILES string of the molecule is COc1ccc(C(CNC(=O)c2cc(C3CC3)nn2-c2ccccc2)N(C)C)cc1. The van der Waals surface area contributed by atoms with Crippen molar-refractivity contribution in [3.05, 3.63) is 77.6 Å². The molecule has 1 N–H and O–H groups in total. The Morgan fingerprint density at radius 3 is 2.47 bits per heavy atom. The second-order valence-corrected chi connectivity index (χ2v) is 7.94. The molecule has 1 saturated carbocycles. The summed E-state index contributed by atoms with van der Waals surface area (Å²) >= 11 is 0. The van der Waals surface area contributed by atoms with Crippen molar-refractivity contribution in [1.82, 2.24) is 20.0 Å². The molecule has 6 nitrogen and oxygen atoms in total. The fourth-order valence-corrected chi connectivity index (χ4v) is 3.61. The van der Waals surface area contributed by atoms with E-state index in [4.69, 9.17) is 9.84 Å². The number of aromatic nitrogens is 2. The van der Waals surface area contributed by atoms with Gasteiger partial charge in [-0.2, -0.15) is 5.10 Å². The molecule has 156 valence electrons. The fourth-order valence-electron chi connectivity index (χ4n) is 3.61. The summed E-state index contributed by atoms with van der Waals surface area (Å²) in [6.45, 7) is 0.497. The van der Waals surface area contributed by atoms with Crippen molar-refractivity contribution in [1.29, 1.82) is 0 Å². The molecule has 0 radical (unpaired) electrons. The first-order valence-corrected chi connectivity index (χ1v) is 10.3. The second-order valence-electron chi connectivity index (χ2n) is 7.94. The van der Waals surface area contributed by atoms with Crippen LogP contribution in [-0.4, -0.2) is 48.3 Å². The average Bonchev–Trinajstić information content (AvgIpc) is 3.52. The number of methoxy groups -OCH3 is 1. The van der Waals surface area contributed by atoms with E-state index in [1.165, 1.54) is 0 Å². The van der Waals surface area contributed by atoms with Crippen LogP contribution in [0.5, 0.6) is 5.75 Å². The summed E-state index contributed by atoms with van der Waals surface area (Å²) in [6, 6.07) is 19.8. The van der Waals surface area contributed by atoms with Gasteiger partial charge in [0.2, 0.25) is 0 Å². The van der Waals surface area contributed by atoms with Crippen LogP contribution in [0.4, 0.5) is 0 Å². The third-order valence-electron chi connectivity index (χ3n) is 5.54. The lowest BCUT2D eigenvalue weighted by molar-refractivity contribution is 0.0934. The van der Waals surface area contributed by atoms with E-state index in [0.29, 0.717) is 18.2 Å². The van der Waals surface area contributed by atoms with E-state index in [1.807, 2.05) is 74.8 Å². The van der Waals surface area contributed by atoms with Gasteiger partial charge in [-0.1, -0.05) is 30.3 Å². The van der Waals surface area contributed by atoms with Crippen molar-refractivity contribution < 1.29 is 9.53 Å². The van der Waals surface area contributed by atoms with Gasteiger partial charge in [0.1, 0.15) is 11.4 Å². The molecule has 1 fully saturated rings. The van der Waals surface area contributed by atoms with Crippen LogP contribution < -0.4 is 10.1 Å². The van der Waals surface area contributed by atoms with Gasteiger partial charge in [-0.15, -0.1) is 0 Å². The number of amides is 1. The summed E-state index contributed by atoms with van der Waals surface area (Å²) in [5, 5.41) is 7.85. The average molecular weight is 405 g/mol. The number of carbonyl (C=O) groups is 1. The highest BCUT2D eigenvalue weighted by Crippen LogP contribution is 2.39. The Labute approximate surface area is 177 Å². The topological polar surface area (TPSA) is 59.4 Å². The van der Waals surface area contributed by atoms with Gasteiger partial charge in [-0.25, -0.2) is 4.68 Å². The number of carbonyl (C=O) groups excluding carboxylic acids is 1. The van der Waals surface area contributed by atoms with Crippen molar-refractivity contribution in [2.24, 2.45) is 0 Å². The highest BCUT2D eigenvalue weighted by Gasteiger charge is 2.29. The Morgan fingerprint density at radius 2 is 1.87 bits per heavy atom. The fraction of sp³-hybridized carbons (Fsp3) is 0.333. The van der Waals surface area contributed by atoms with Gasteiger partial charge < -0.3 is 15.0 Å². The van der Waals surface area contributed by atoms with Gasteiger partial charge in [0, 0.05) is 12.5 Å². The van der Waals surface area contributed by atoms with Crippen molar-refractivity contribution >= 4 is 5.91 Å². The summed E-state index contributed by atoms with van der Waals surface area (Å²) < 4.78 is 7.02. The Kier molecular flexibility index (Phi) is 5.86. The van der Waals surface area contributed by atoms with Crippen molar-refractivity contribution in [2.45, 2.75) is 24.8 Å². The maximum Gasteiger partial charge on any atom is 0.270 e. The molecule has 2 aromatic carbocycles. The van der Waals surface area contributed by atoms with Crippen molar-refractivity contribution in [2.75, 3.05) is 27.7 Å². The maximum absolute atomic E-state index is 13.1. The summed E-state index contributed by atoms with van der Waals surface area (Å²) in [6.07, 6.45) is 2.29. The zero-order valence-corrected chi connectivity index (χ0v) is 17.7. The monoisotopic (exact) mass is 404 g/mol. The van der Waals surface area contributed by atoms with Crippen LogP contribution in [0, 0.1) is 0 Å². The molecule has 1 amide bonds. The number of hydrogen-bond acceptors (Lipinski definition) is 4. The zero-order valence-electron chi connectivity index (χ0n) is 17.7. The van der Waals surface area contributed by atoms with Gasteiger partial charge in [0.05, 0.1) is 24.5 Å². The predicted molar refractivity (Wildman–Crippen MR) is 117 cm³/mol. The lowest BCUT2D eigenvalue weighted by atomic mass is 10.1. The highest BCUT2D eigenvalue weighted by atomic mass is 16.5. The van der Waals surface area contributed by atoms with Gasteiger partial charge in [0.15, 0.2) is 0 Å². The van der Waals surface area contributed by atoms with Gasteiger partial charge in [-0.05, 0) is 62.8 Å². The van der Waals surface area contributed by atoms with E-state index in [9.17, 15) is 4.79 Å². The molecule has 0 spiro atoms. The predicted octanol–water partition coefficient (Wildman–Crippen LogP) is 3.79.